The second kappa shape index (κ2) is 9.12. The van der Waals surface area contributed by atoms with Gasteiger partial charge in [0.1, 0.15) is 9.84 Å². The van der Waals surface area contributed by atoms with E-state index >= 15 is 0 Å². The number of fused-ring (bicyclic) bond motifs is 2. The van der Waals surface area contributed by atoms with Crippen LogP contribution in [0, 0.1) is 5.92 Å². The number of hydrogen-bond acceptors (Lipinski definition) is 6. The van der Waals surface area contributed by atoms with E-state index in [9.17, 15) is 13.2 Å². The van der Waals surface area contributed by atoms with Crippen molar-refractivity contribution in [2.24, 2.45) is 5.92 Å². The van der Waals surface area contributed by atoms with Gasteiger partial charge in [-0.2, -0.15) is 0 Å². The van der Waals surface area contributed by atoms with E-state index in [1.165, 1.54) is 21.6 Å². The van der Waals surface area contributed by atoms with Gasteiger partial charge in [0.15, 0.2) is 0 Å². The molecule has 0 aromatic carbocycles. The Hall–Kier alpha value is -0.960. The van der Waals surface area contributed by atoms with E-state index in [1.54, 1.807) is 0 Å². The van der Waals surface area contributed by atoms with Crippen molar-refractivity contribution < 1.29 is 17.9 Å². The highest BCUT2D eigenvalue weighted by atomic mass is 32.2. The Morgan fingerprint density at radius 2 is 2.16 bits per heavy atom. The minimum atomic E-state index is -3.09. The van der Waals surface area contributed by atoms with Crippen molar-refractivity contribution in [2.45, 2.75) is 76.5 Å². The Balaban J connectivity index is 1.25. The second-order valence-electron chi connectivity index (χ2n) is 9.78. The maximum Gasteiger partial charge on any atom is 0.221 e. The monoisotopic (exact) mass is 468 g/mol. The number of sulfone groups is 1. The Morgan fingerprint density at radius 3 is 2.84 bits per heavy atom. The first-order valence-electron chi connectivity index (χ1n) is 11.6. The summed E-state index contributed by atoms with van der Waals surface area (Å²) in [6.07, 6.45) is 7.48. The zero-order valence-corrected chi connectivity index (χ0v) is 20.6. The Morgan fingerprint density at radius 1 is 1.39 bits per heavy atom. The van der Waals surface area contributed by atoms with Crippen molar-refractivity contribution >= 4 is 27.1 Å². The van der Waals surface area contributed by atoms with Crippen LogP contribution >= 0.6 is 11.3 Å². The van der Waals surface area contributed by atoms with Crippen LogP contribution in [0.4, 0.5) is 0 Å². The number of nitrogens with zero attached hydrogens (tertiary/aromatic N) is 1. The third-order valence-corrected chi connectivity index (χ3v) is 9.54. The minimum Gasteiger partial charge on any atom is -0.370 e. The van der Waals surface area contributed by atoms with Crippen LogP contribution < -0.4 is 5.32 Å². The molecule has 2 aliphatic heterocycles. The number of nitrogens with one attached hydrogen (secondary N) is 1. The third-order valence-electron chi connectivity index (χ3n) is 7.25. The lowest BCUT2D eigenvalue weighted by molar-refractivity contribution is -0.123. The molecule has 1 N–H and O–H groups in total. The molecule has 1 aromatic rings. The number of carbonyl (C=O) groups excluding carboxylic acids is 1. The molecule has 2 atom stereocenters. The number of aryl methyl sites for hydroxylation is 1. The van der Waals surface area contributed by atoms with Crippen molar-refractivity contribution in [3.05, 3.63) is 21.4 Å². The highest BCUT2D eigenvalue weighted by molar-refractivity contribution is 7.90. The summed E-state index contributed by atoms with van der Waals surface area (Å²) in [5.41, 5.74) is 1.37. The van der Waals surface area contributed by atoms with Gasteiger partial charge in [0.05, 0.1) is 18.0 Å². The lowest BCUT2D eigenvalue weighted by atomic mass is 9.76. The van der Waals surface area contributed by atoms with Gasteiger partial charge in [-0.05, 0) is 56.6 Å². The van der Waals surface area contributed by atoms with Crippen molar-refractivity contribution in [2.75, 3.05) is 31.7 Å². The average Bonchev–Trinajstić information content (AvgIpc) is 3.11. The molecule has 1 saturated heterocycles. The Bertz CT molecular complexity index is 907. The van der Waals surface area contributed by atoms with Gasteiger partial charge in [0, 0.05) is 54.0 Å². The number of carbonyl (C=O) groups is 1. The molecule has 0 unspecified atom stereocenters. The van der Waals surface area contributed by atoms with E-state index in [1.807, 2.05) is 11.3 Å². The van der Waals surface area contributed by atoms with Gasteiger partial charge in [-0.3, -0.25) is 4.79 Å². The molecule has 0 bridgehead atoms. The van der Waals surface area contributed by atoms with Crippen molar-refractivity contribution in [1.82, 2.24) is 10.2 Å². The zero-order chi connectivity index (χ0) is 22.2. The first-order chi connectivity index (χ1) is 14.7. The maximum atomic E-state index is 11.9. The summed E-state index contributed by atoms with van der Waals surface area (Å²) in [6.45, 7) is 7.53. The molecule has 3 aliphatic rings. The van der Waals surface area contributed by atoms with E-state index in [0.29, 0.717) is 12.0 Å². The number of amides is 1. The fourth-order valence-corrected chi connectivity index (χ4v) is 7.19. The summed E-state index contributed by atoms with van der Waals surface area (Å²) in [7, 11) is -3.09. The number of hydrogen-bond donors (Lipinski definition) is 1. The van der Waals surface area contributed by atoms with Crippen LogP contribution in [-0.2, 0) is 37.8 Å². The molecular weight excluding hydrogens is 432 g/mol. The van der Waals surface area contributed by atoms with Crippen LogP contribution in [0.25, 0.3) is 0 Å². The maximum absolute atomic E-state index is 11.9. The Kier molecular flexibility index (Phi) is 6.83. The topological polar surface area (TPSA) is 75.7 Å². The minimum absolute atomic E-state index is 0.0650. The second-order valence-corrected chi connectivity index (χ2v) is 13.3. The molecule has 174 valence electrons. The molecule has 3 heterocycles. The molecule has 1 spiro atoms. The molecule has 1 saturated carbocycles. The summed E-state index contributed by atoms with van der Waals surface area (Å²) >= 11 is 1.98. The predicted molar refractivity (Wildman–Crippen MR) is 124 cm³/mol. The van der Waals surface area contributed by atoms with Crippen LogP contribution in [0.15, 0.2) is 6.07 Å². The van der Waals surface area contributed by atoms with Gasteiger partial charge in [0.25, 0.3) is 0 Å². The lowest BCUT2D eigenvalue weighted by Gasteiger charge is -2.49. The van der Waals surface area contributed by atoms with Crippen molar-refractivity contribution in [3.8, 4) is 0 Å². The standard InChI is InChI=1S/C23H36N2O4S2/c1-4-19-13-20-21(30-19)5-9-29-23(20)7-8-25(16(2)14-23)15-17-11-18(12-17)24-22(26)6-10-31(3,27)28/h13,16-18H,4-12,14-15H2,1-3H3,(H,24,26)/t16-,17?,18?,23+/m0/s1. The molecule has 0 radical (unpaired) electrons. The van der Waals surface area contributed by atoms with E-state index in [0.717, 1.165) is 58.2 Å². The average molecular weight is 469 g/mol. The molecule has 4 rings (SSSR count). The van der Waals surface area contributed by atoms with E-state index < -0.39 is 9.84 Å². The summed E-state index contributed by atoms with van der Waals surface area (Å²) < 4.78 is 28.9. The van der Waals surface area contributed by atoms with E-state index in [4.69, 9.17) is 4.74 Å². The normalized spacial score (nSPS) is 31.3. The summed E-state index contributed by atoms with van der Waals surface area (Å²) in [5, 5.41) is 2.99. The van der Waals surface area contributed by atoms with Gasteiger partial charge in [-0.15, -0.1) is 11.3 Å². The van der Waals surface area contributed by atoms with Crippen molar-refractivity contribution in [3.63, 3.8) is 0 Å². The lowest BCUT2D eigenvalue weighted by Crippen LogP contribution is -2.54. The first-order valence-corrected chi connectivity index (χ1v) is 14.5. The molecule has 31 heavy (non-hydrogen) atoms. The molecule has 8 heteroatoms. The Labute approximate surface area is 190 Å². The van der Waals surface area contributed by atoms with Gasteiger partial charge in [0.2, 0.25) is 5.91 Å². The van der Waals surface area contributed by atoms with Crippen molar-refractivity contribution in [1.29, 1.82) is 0 Å². The number of piperidine rings is 1. The largest absolute Gasteiger partial charge is 0.370 e. The fraction of sp³-hybridized carbons (Fsp3) is 0.783. The molecule has 1 amide bonds. The molecule has 6 nitrogen and oxygen atoms in total. The summed E-state index contributed by atoms with van der Waals surface area (Å²) in [5.74, 6) is 0.386. The number of likely N-dealkylation sites (tertiary alicyclic amines) is 1. The predicted octanol–water partition coefficient (Wildman–Crippen LogP) is 2.89. The first kappa shape index (κ1) is 23.2. The number of ether oxygens (including phenoxy) is 1. The molecule has 2 fully saturated rings. The van der Waals surface area contributed by atoms with Crippen LogP contribution in [0.3, 0.4) is 0 Å². The van der Waals surface area contributed by atoms with Gasteiger partial charge < -0.3 is 15.0 Å². The fourth-order valence-electron chi connectivity index (χ4n) is 5.46. The third kappa shape index (κ3) is 5.34. The zero-order valence-electron chi connectivity index (χ0n) is 19.0. The summed E-state index contributed by atoms with van der Waals surface area (Å²) in [6, 6.07) is 3.09. The van der Waals surface area contributed by atoms with Crippen LogP contribution in [0.5, 0.6) is 0 Å². The van der Waals surface area contributed by atoms with Crippen LogP contribution in [0.2, 0.25) is 0 Å². The molecule has 1 aliphatic carbocycles. The molecule has 1 aromatic heterocycles. The van der Waals surface area contributed by atoms with E-state index in [-0.39, 0.29) is 29.7 Å². The van der Waals surface area contributed by atoms with Gasteiger partial charge in [-0.1, -0.05) is 6.92 Å². The van der Waals surface area contributed by atoms with Gasteiger partial charge in [-0.25, -0.2) is 8.42 Å². The summed E-state index contributed by atoms with van der Waals surface area (Å²) in [4.78, 5) is 17.6. The highest BCUT2D eigenvalue weighted by Gasteiger charge is 2.45. The highest BCUT2D eigenvalue weighted by Crippen LogP contribution is 2.46. The quantitative estimate of drug-likeness (QED) is 0.666. The number of thiophene rings is 1. The van der Waals surface area contributed by atoms with Gasteiger partial charge >= 0.3 is 0 Å². The molecular formula is C23H36N2O4S2. The smallest absolute Gasteiger partial charge is 0.221 e. The van der Waals surface area contributed by atoms with Crippen LogP contribution in [0.1, 0.15) is 61.3 Å². The number of rotatable bonds is 7. The van der Waals surface area contributed by atoms with E-state index in [2.05, 4.69) is 30.1 Å². The van der Waals surface area contributed by atoms with Crippen LogP contribution in [-0.4, -0.2) is 63.0 Å². The SMILES string of the molecule is CCc1cc2c(s1)CCO[C@@]21CCN(CC2CC(NC(=O)CCS(C)(=O)=O)C2)[C@@H](C)C1.